The molecule has 118 valence electrons. The third kappa shape index (κ3) is 5.42. The van der Waals surface area contributed by atoms with E-state index in [4.69, 9.17) is 27.9 Å². The van der Waals surface area contributed by atoms with Crippen molar-refractivity contribution in [1.29, 1.82) is 0 Å². The van der Waals surface area contributed by atoms with Crippen LogP contribution in [-0.4, -0.2) is 44.3 Å². The zero-order valence-electron chi connectivity index (χ0n) is 12.6. The molecule has 1 unspecified atom stereocenters. The number of morpholine rings is 1. The maximum atomic E-state index is 6.29. The smallest absolute Gasteiger partial charge is 0.0594 e. The van der Waals surface area contributed by atoms with Crippen molar-refractivity contribution in [3.8, 4) is 0 Å². The molecule has 1 heterocycles. The normalized spacial score (nSPS) is 17.9. The average molecular weight is 331 g/mol. The number of nitrogens with zero attached hydrogens (tertiary/aromatic N) is 1. The summed E-state index contributed by atoms with van der Waals surface area (Å²) >= 11 is 12.2. The summed E-state index contributed by atoms with van der Waals surface area (Å²) in [6.45, 7) is 8.14. The van der Waals surface area contributed by atoms with Gasteiger partial charge < -0.3 is 10.1 Å². The Morgan fingerprint density at radius 3 is 2.71 bits per heavy atom. The molecule has 0 aromatic heterocycles. The molecule has 0 bridgehead atoms. The van der Waals surface area contributed by atoms with Crippen LogP contribution in [0.2, 0.25) is 10.0 Å². The fourth-order valence-electron chi connectivity index (χ4n) is 2.66. The van der Waals surface area contributed by atoms with Gasteiger partial charge >= 0.3 is 0 Å². The van der Waals surface area contributed by atoms with Crippen LogP contribution in [-0.2, 0) is 4.74 Å². The number of hydrogen-bond donors (Lipinski definition) is 1. The topological polar surface area (TPSA) is 24.5 Å². The highest BCUT2D eigenvalue weighted by molar-refractivity contribution is 6.35. The van der Waals surface area contributed by atoms with E-state index in [0.717, 1.165) is 62.8 Å². The Balaban J connectivity index is 1.76. The summed E-state index contributed by atoms with van der Waals surface area (Å²) in [5.41, 5.74) is 1.13. The molecule has 0 spiro atoms. The zero-order chi connectivity index (χ0) is 15.1. The lowest BCUT2D eigenvalue weighted by Gasteiger charge is -2.27. The van der Waals surface area contributed by atoms with Crippen LogP contribution in [0.4, 0.5) is 0 Å². The summed E-state index contributed by atoms with van der Waals surface area (Å²) in [7, 11) is 0. The van der Waals surface area contributed by atoms with Crippen LogP contribution in [0.25, 0.3) is 0 Å². The predicted molar refractivity (Wildman–Crippen MR) is 89.4 cm³/mol. The molecule has 1 aliphatic heterocycles. The summed E-state index contributed by atoms with van der Waals surface area (Å²) in [5, 5.41) is 5.03. The third-order valence-corrected chi connectivity index (χ3v) is 4.45. The first-order valence-corrected chi connectivity index (χ1v) is 8.44. The van der Waals surface area contributed by atoms with Crippen LogP contribution in [0, 0.1) is 0 Å². The van der Waals surface area contributed by atoms with Crippen LogP contribution in [0.3, 0.4) is 0 Å². The molecule has 1 atom stereocenters. The first-order chi connectivity index (χ1) is 10.2. The van der Waals surface area contributed by atoms with Crippen molar-refractivity contribution in [3.63, 3.8) is 0 Å². The van der Waals surface area contributed by atoms with Crippen molar-refractivity contribution in [2.45, 2.75) is 25.8 Å². The lowest BCUT2D eigenvalue weighted by Crippen LogP contribution is -2.38. The zero-order valence-corrected chi connectivity index (χ0v) is 14.1. The van der Waals surface area contributed by atoms with Crippen LogP contribution in [0.1, 0.15) is 31.4 Å². The van der Waals surface area contributed by atoms with Gasteiger partial charge in [0.1, 0.15) is 0 Å². The molecule has 3 nitrogen and oxygen atoms in total. The molecular formula is C16H24Cl2N2O. The van der Waals surface area contributed by atoms with Crippen LogP contribution < -0.4 is 5.32 Å². The Kier molecular flexibility index (Phi) is 7.27. The van der Waals surface area contributed by atoms with Crippen LogP contribution in [0.15, 0.2) is 18.2 Å². The standard InChI is InChI=1S/C16H24Cl2N2O/c1-2-16(14-5-4-13(17)12-15(14)18)19-6-3-7-20-8-10-21-11-9-20/h4-5,12,16,19H,2-3,6-11H2,1H3. The molecular weight excluding hydrogens is 307 g/mol. The fraction of sp³-hybridized carbons (Fsp3) is 0.625. The molecule has 2 rings (SSSR count). The lowest BCUT2D eigenvalue weighted by molar-refractivity contribution is 0.0374. The number of nitrogens with one attached hydrogen (secondary N) is 1. The molecule has 1 aromatic carbocycles. The minimum atomic E-state index is 0.291. The fourth-order valence-corrected chi connectivity index (χ4v) is 3.20. The minimum Gasteiger partial charge on any atom is -0.379 e. The molecule has 0 amide bonds. The second-order valence-corrected chi connectivity index (χ2v) is 6.23. The van der Waals surface area contributed by atoms with E-state index >= 15 is 0 Å². The van der Waals surface area contributed by atoms with E-state index in [0.29, 0.717) is 11.1 Å². The van der Waals surface area contributed by atoms with Gasteiger partial charge in [-0.2, -0.15) is 0 Å². The third-order valence-electron chi connectivity index (χ3n) is 3.89. The van der Waals surface area contributed by atoms with Crippen molar-refractivity contribution in [3.05, 3.63) is 33.8 Å². The molecule has 5 heteroatoms. The number of rotatable bonds is 7. The van der Waals surface area contributed by atoms with E-state index in [-0.39, 0.29) is 0 Å². The average Bonchev–Trinajstić information content (AvgIpc) is 2.49. The highest BCUT2D eigenvalue weighted by Gasteiger charge is 2.13. The van der Waals surface area contributed by atoms with Gasteiger partial charge in [-0.3, -0.25) is 4.90 Å². The van der Waals surface area contributed by atoms with E-state index in [9.17, 15) is 0 Å². The molecule has 1 N–H and O–H groups in total. The molecule has 1 fully saturated rings. The predicted octanol–water partition coefficient (Wildman–Crippen LogP) is 3.76. The quantitative estimate of drug-likeness (QED) is 0.770. The van der Waals surface area contributed by atoms with Crippen molar-refractivity contribution < 1.29 is 4.74 Å². The second kappa shape index (κ2) is 8.96. The molecule has 1 aliphatic rings. The Hall–Kier alpha value is -0.320. The number of benzene rings is 1. The highest BCUT2D eigenvalue weighted by Crippen LogP contribution is 2.27. The second-order valence-electron chi connectivity index (χ2n) is 5.39. The van der Waals surface area contributed by atoms with Gasteiger partial charge in [0.2, 0.25) is 0 Å². The van der Waals surface area contributed by atoms with E-state index in [2.05, 4.69) is 17.1 Å². The number of ether oxygens (including phenoxy) is 1. The van der Waals surface area contributed by atoms with Gasteiger partial charge in [0, 0.05) is 29.2 Å². The van der Waals surface area contributed by atoms with Crippen molar-refractivity contribution in [2.75, 3.05) is 39.4 Å². The van der Waals surface area contributed by atoms with Crippen molar-refractivity contribution in [1.82, 2.24) is 10.2 Å². The first-order valence-electron chi connectivity index (χ1n) is 7.69. The van der Waals surface area contributed by atoms with E-state index in [1.165, 1.54) is 0 Å². The Bertz CT molecular complexity index is 436. The van der Waals surface area contributed by atoms with Gasteiger partial charge in [0.15, 0.2) is 0 Å². The maximum absolute atomic E-state index is 6.29. The van der Waals surface area contributed by atoms with Crippen molar-refractivity contribution in [2.24, 2.45) is 0 Å². The molecule has 21 heavy (non-hydrogen) atoms. The molecule has 0 aliphatic carbocycles. The SMILES string of the molecule is CCC(NCCCN1CCOCC1)c1ccc(Cl)cc1Cl. The number of halogens is 2. The van der Waals surface area contributed by atoms with Gasteiger partial charge in [-0.25, -0.2) is 0 Å². The first kappa shape index (κ1) is 17.0. The van der Waals surface area contributed by atoms with E-state index in [1.54, 1.807) is 0 Å². The number of hydrogen-bond acceptors (Lipinski definition) is 3. The van der Waals surface area contributed by atoms with Gasteiger partial charge in [-0.05, 0) is 43.6 Å². The van der Waals surface area contributed by atoms with Crippen molar-refractivity contribution >= 4 is 23.2 Å². The van der Waals surface area contributed by atoms with E-state index < -0.39 is 0 Å². The molecule has 0 saturated carbocycles. The summed E-state index contributed by atoms with van der Waals surface area (Å²) in [6, 6.07) is 6.03. The Morgan fingerprint density at radius 1 is 1.29 bits per heavy atom. The summed E-state index contributed by atoms with van der Waals surface area (Å²) in [5.74, 6) is 0. The maximum Gasteiger partial charge on any atom is 0.0594 e. The summed E-state index contributed by atoms with van der Waals surface area (Å²) < 4.78 is 5.36. The van der Waals surface area contributed by atoms with Gasteiger partial charge in [-0.15, -0.1) is 0 Å². The highest BCUT2D eigenvalue weighted by atomic mass is 35.5. The van der Waals surface area contributed by atoms with Gasteiger partial charge in [-0.1, -0.05) is 36.2 Å². The molecule has 0 radical (unpaired) electrons. The summed E-state index contributed by atoms with van der Waals surface area (Å²) in [4.78, 5) is 2.46. The summed E-state index contributed by atoms with van der Waals surface area (Å²) in [6.07, 6.45) is 2.15. The van der Waals surface area contributed by atoms with E-state index in [1.807, 2.05) is 18.2 Å². The molecule has 1 saturated heterocycles. The minimum absolute atomic E-state index is 0.291. The lowest BCUT2D eigenvalue weighted by atomic mass is 10.0. The Labute approximate surface area is 137 Å². The van der Waals surface area contributed by atoms with Gasteiger partial charge in [0.25, 0.3) is 0 Å². The largest absolute Gasteiger partial charge is 0.379 e. The van der Waals surface area contributed by atoms with Gasteiger partial charge in [0.05, 0.1) is 13.2 Å². The van der Waals surface area contributed by atoms with Crippen LogP contribution >= 0.6 is 23.2 Å². The molecule has 1 aromatic rings. The monoisotopic (exact) mass is 330 g/mol. The Morgan fingerprint density at radius 2 is 2.05 bits per heavy atom. The van der Waals surface area contributed by atoms with Crippen LogP contribution in [0.5, 0.6) is 0 Å².